The Hall–Kier alpha value is -3.85. The number of aromatic carboxylic acids is 2. The van der Waals surface area contributed by atoms with E-state index in [0.717, 1.165) is 18.4 Å². The summed E-state index contributed by atoms with van der Waals surface area (Å²) in [6, 6.07) is 11.9. The fraction of sp³-hybridized carbons (Fsp3) is 0.280. The van der Waals surface area contributed by atoms with E-state index < -0.39 is 11.9 Å². The van der Waals surface area contributed by atoms with Crippen LogP contribution in [0.15, 0.2) is 42.5 Å². The lowest BCUT2D eigenvalue weighted by Crippen LogP contribution is -2.16. The van der Waals surface area contributed by atoms with Crippen molar-refractivity contribution in [3.8, 4) is 5.75 Å². The second kappa shape index (κ2) is 11.5. The van der Waals surface area contributed by atoms with Gasteiger partial charge in [-0.3, -0.25) is 4.79 Å². The number of anilines is 1. The smallest absolute Gasteiger partial charge is 0.358 e. The van der Waals surface area contributed by atoms with Gasteiger partial charge >= 0.3 is 11.9 Å². The zero-order valence-corrected chi connectivity index (χ0v) is 20.1. The number of nitrogens with one attached hydrogen (secondary N) is 1. The first-order valence-electron chi connectivity index (χ1n) is 11.0. The molecule has 0 atom stereocenters. The van der Waals surface area contributed by atoms with E-state index in [1.54, 1.807) is 28.8 Å². The minimum Gasteiger partial charge on any atom is -0.489 e. The number of carboxylic acids is 2. The minimum absolute atomic E-state index is 0.0121. The molecule has 0 radical (unpaired) electrons. The molecule has 9 nitrogen and oxygen atoms in total. The van der Waals surface area contributed by atoms with Gasteiger partial charge in [0, 0.05) is 18.9 Å². The summed E-state index contributed by atoms with van der Waals surface area (Å²) in [6.45, 7) is 3.75. The third-order valence-electron chi connectivity index (χ3n) is 5.27. The Morgan fingerprint density at radius 1 is 1.09 bits per heavy atom. The van der Waals surface area contributed by atoms with Gasteiger partial charge in [-0.15, -0.1) is 0 Å². The van der Waals surface area contributed by atoms with Crippen molar-refractivity contribution in [2.45, 2.75) is 46.3 Å². The molecule has 0 spiro atoms. The van der Waals surface area contributed by atoms with Crippen LogP contribution in [0.2, 0.25) is 5.02 Å². The maximum absolute atomic E-state index is 11.7. The molecule has 0 saturated carbocycles. The van der Waals surface area contributed by atoms with Crippen molar-refractivity contribution in [1.82, 2.24) is 9.55 Å². The third-order valence-corrected chi connectivity index (χ3v) is 5.71. The molecule has 3 N–H and O–H groups in total. The highest BCUT2D eigenvalue weighted by Crippen LogP contribution is 2.25. The molecule has 35 heavy (non-hydrogen) atoms. The van der Waals surface area contributed by atoms with Crippen LogP contribution in [0.5, 0.6) is 5.75 Å². The zero-order chi connectivity index (χ0) is 25.5. The number of hydrogen-bond donors (Lipinski definition) is 3. The van der Waals surface area contributed by atoms with Gasteiger partial charge in [0.15, 0.2) is 5.69 Å². The number of hydrogen-bond acceptors (Lipinski definition) is 5. The van der Waals surface area contributed by atoms with E-state index in [9.17, 15) is 24.6 Å². The summed E-state index contributed by atoms with van der Waals surface area (Å²) < 4.78 is 7.49. The van der Waals surface area contributed by atoms with Gasteiger partial charge in [0.1, 0.15) is 24.0 Å². The molecular formula is C25H26ClN3O6. The first kappa shape index (κ1) is 25.8. The van der Waals surface area contributed by atoms with E-state index >= 15 is 0 Å². The molecule has 0 bridgehead atoms. The molecule has 3 aromatic rings. The van der Waals surface area contributed by atoms with Crippen molar-refractivity contribution in [2.75, 3.05) is 5.32 Å². The Bertz CT molecular complexity index is 1240. The molecule has 10 heteroatoms. The van der Waals surface area contributed by atoms with Crippen LogP contribution in [-0.4, -0.2) is 37.6 Å². The number of carbonyl (C=O) groups excluding carboxylic acids is 1. The summed E-state index contributed by atoms with van der Waals surface area (Å²) in [4.78, 5) is 39.0. The molecule has 3 rings (SSSR count). The predicted molar refractivity (Wildman–Crippen MR) is 130 cm³/mol. The van der Waals surface area contributed by atoms with Crippen molar-refractivity contribution < 1.29 is 29.3 Å². The number of unbranched alkanes of at least 4 members (excludes halogenated alkanes) is 1. The summed E-state index contributed by atoms with van der Waals surface area (Å²) in [5.74, 6) is -1.41. The van der Waals surface area contributed by atoms with Crippen molar-refractivity contribution in [3.05, 3.63) is 75.7 Å². The van der Waals surface area contributed by atoms with Crippen LogP contribution in [0, 0.1) is 0 Å². The third kappa shape index (κ3) is 6.39. The van der Waals surface area contributed by atoms with Gasteiger partial charge in [0.25, 0.3) is 0 Å². The highest BCUT2D eigenvalue weighted by Gasteiger charge is 2.23. The van der Waals surface area contributed by atoms with E-state index in [-0.39, 0.29) is 34.6 Å². The van der Waals surface area contributed by atoms with Crippen molar-refractivity contribution in [1.29, 1.82) is 0 Å². The van der Waals surface area contributed by atoms with Crippen molar-refractivity contribution in [3.63, 3.8) is 0 Å². The summed E-state index contributed by atoms with van der Waals surface area (Å²) >= 11 is 6.17. The first-order chi connectivity index (χ1) is 16.7. The van der Waals surface area contributed by atoms with E-state index in [4.69, 9.17) is 16.3 Å². The van der Waals surface area contributed by atoms with E-state index in [1.165, 1.54) is 13.0 Å². The summed E-state index contributed by atoms with van der Waals surface area (Å²) in [5.41, 5.74) is 1.22. The van der Waals surface area contributed by atoms with E-state index in [0.29, 0.717) is 30.1 Å². The van der Waals surface area contributed by atoms with Crippen LogP contribution in [-0.2, 0) is 24.4 Å². The number of rotatable bonds is 11. The van der Waals surface area contributed by atoms with Crippen LogP contribution in [0.25, 0.3) is 0 Å². The van der Waals surface area contributed by atoms with Gasteiger partial charge in [-0.05, 0) is 30.2 Å². The zero-order valence-electron chi connectivity index (χ0n) is 19.4. The number of ether oxygens (including phenoxy) is 1. The van der Waals surface area contributed by atoms with E-state index in [1.807, 2.05) is 19.1 Å². The predicted octanol–water partition coefficient (Wildman–Crippen LogP) is 4.86. The lowest BCUT2D eigenvalue weighted by Gasteiger charge is -2.14. The number of carboxylic acid groups (broad SMARTS) is 2. The Kier molecular flexibility index (Phi) is 8.48. The van der Waals surface area contributed by atoms with Gasteiger partial charge in [-0.1, -0.05) is 49.2 Å². The number of carbonyl (C=O) groups is 3. The highest BCUT2D eigenvalue weighted by atomic mass is 35.5. The minimum atomic E-state index is -1.21. The SMILES string of the molecule is CCCCc1nc(C(=O)O)c(NC(C)=O)n1Cc1ccc(OCc2cccc(C(=O)O)c2Cl)cc1. The van der Waals surface area contributed by atoms with Gasteiger partial charge in [0.05, 0.1) is 17.1 Å². The van der Waals surface area contributed by atoms with Gasteiger partial charge in [-0.2, -0.15) is 0 Å². The number of aromatic nitrogens is 2. The summed E-state index contributed by atoms with van der Waals surface area (Å²) in [6.07, 6.45) is 2.32. The highest BCUT2D eigenvalue weighted by molar-refractivity contribution is 6.34. The second-order valence-corrected chi connectivity index (χ2v) is 8.30. The van der Waals surface area contributed by atoms with Gasteiger partial charge < -0.3 is 24.8 Å². The molecule has 0 saturated heterocycles. The van der Waals surface area contributed by atoms with Crippen LogP contribution in [0.1, 0.15) is 64.5 Å². The number of halogens is 1. The number of nitrogens with zero attached hydrogens (tertiary/aromatic N) is 2. The molecular weight excluding hydrogens is 474 g/mol. The fourth-order valence-corrected chi connectivity index (χ4v) is 3.79. The molecule has 2 aromatic carbocycles. The molecule has 0 unspecified atom stereocenters. The van der Waals surface area contributed by atoms with Gasteiger partial charge in [0.2, 0.25) is 5.91 Å². The van der Waals surface area contributed by atoms with Crippen LogP contribution < -0.4 is 10.1 Å². The Labute approximate surface area is 207 Å². The standard InChI is InChI=1S/C25H26ClN3O6/c1-3-4-8-20-28-22(25(33)34)23(27-15(2)30)29(20)13-16-9-11-18(12-10-16)35-14-17-6-5-7-19(21(17)26)24(31)32/h5-7,9-12H,3-4,8,13-14H2,1-2H3,(H,27,30)(H,31,32)(H,33,34). The summed E-state index contributed by atoms with van der Waals surface area (Å²) in [7, 11) is 0. The van der Waals surface area contributed by atoms with Crippen LogP contribution in [0.4, 0.5) is 5.82 Å². The molecule has 0 aliphatic rings. The quantitative estimate of drug-likeness (QED) is 0.343. The molecule has 0 aliphatic heterocycles. The largest absolute Gasteiger partial charge is 0.489 e. The van der Waals surface area contributed by atoms with Crippen molar-refractivity contribution in [2.24, 2.45) is 0 Å². The molecule has 1 aromatic heterocycles. The van der Waals surface area contributed by atoms with Crippen LogP contribution >= 0.6 is 11.6 Å². The molecule has 0 fully saturated rings. The molecule has 1 amide bonds. The molecule has 184 valence electrons. The average molecular weight is 500 g/mol. The monoisotopic (exact) mass is 499 g/mol. The molecule has 1 heterocycles. The topological polar surface area (TPSA) is 131 Å². The maximum Gasteiger partial charge on any atom is 0.358 e. The Morgan fingerprint density at radius 2 is 1.80 bits per heavy atom. The first-order valence-corrected chi connectivity index (χ1v) is 11.4. The lowest BCUT2D eigenvalue weighted by atomic mass is 10.1. The van der Waals surface area contributed by atoms with Crippen molar-refractivity contribution >= 4 is 35.3 Å². The van der Waals surface area contributed by atoms with Gasteiger partial charge in [-0.25, -0.2) is 14.6 Å². The molecule has 0 aliphatic carbocycles. The Morgan fingerprint density at radius 3 is 2.40 bits per heavy atom. The van der Waals surface area contributed by atoms with Crippen LogP contribution in [0.3, 0.4) is 0 Å². The lowest BCUT2D eigenvalue weighted by molar-refractivity contribution is -0.114. The number of amides is 1. The second-order valence-electron chi connectivity index (χ2n) is 7.92. The number of imidazole rings is 1. The average Bonchev–Trinajstić information content (AvgIpc) is 3.14. The normalized spacial score (nSPS) is 10.7. The summed E-state index contributed by atoms with van der Waals surface area (Å²) in [5, 5.41) is 21.5. The Balaban J connectivity index is 1.80. The number of benzene rings is 2. The maximum atomic E-state index is 11.7. The number of aryl methyl sites for hydroxylation is 1. The fourth-order valence-electron chi connectivity index (χ4n) is 3.53. The van der Waals surface area contributed by atoms with E-state index in [2.05, 4.69) is 10.3 Å².